The zero-order valence-corrected chi connectivity index (χ0v) is 17.0. The maximum atomic E-state index is 5.67. The molecule has 4 nitrogen and oxygen atoms in total. The van der Waals surface area contributed by atoms with Crippen LogP contribution in [-0.4, -0.2) is 44.2 Å². The standard InChI is InChI=1S/C24H36N4/c25-16-7-19-28(20-8-17-26)21-9-18-27-24(23-12-5-2-6-13-23)15-14-22-10-3-1-4-11-22/h1-6,10-15,24,27H,7-9,16-21,25-26H2/b15-14+. The molecule has 0 saturated heterocycles. The first-order chi connectivity index (χ1) is 13.8. The van der Waals surface area contributed by atoms with Crippen molar-refractivity contribution < 1.29 is 0 Å². The largest absolute Gasteiger partial charge is 0.330 e. The maximum Gasteiger partial charge on any atom is 0.0509 e. The number of nitrogens with one attached hydrogen (secondary N) is 1. The van der Waals surface area contributed by atoms with Crippen molar-refractivity contribution in [2.24, 2.45) is 11.5 Å². The molecule has 0 amide bonds. The van der Waals surface area contributed by atoms with Gasteiger partial charge in [0.25, 0.3) is 0 Å². The molecule has 0 radical (unpaired) electrons. The lowest BCUT2D eigenvalue weighted by molar-refractivity contribution is 0.265. The Balaban J connectivity index is 1.88. The fourth-order valence-electron chi connectivity index (χ4n) is 3.25. The Morgan fingerprint density at radius 3 is 1.96 bits per heavy atom. The number of hydrogen-bond donors (Lipinski definition) is 3. The first-order valence-electron chi connectivity index (χ1n) is 10.5. The summed E-state index contributed by atoms with van der Waals surface area (Å²) in [5.41, 5.74) is 13.9. The van der Waals surface area contributed by atoms with E-state index in [4.69, 9.17) is 11.5 Å². The van der Waals surface area contributed by atoms with Crippen LogP contribution < -0.4 is 16.8 Å². The molecule has 0 bridgehead atoms. The minimum atomic E-state index is 0.211. The van der Waals surface area contributed by atoms with E-state index in [1.54, 1.807) is 0 Å². The summed E-state index contributed by atoms with van der Waals surface area (Å²) >= 11 is 0. The molecule has 0 heterocycles. The zero-order chi connectivity index (χ0) is 19.9. The van der Waals surface area contributed by atoms with Gasteiger partial charge < -0.3 is 21.7 Å². The molecule has 4 heteroatoms. The van der Waals surface area contributed by atoms with Crippen LogP contribution in [0.15, 0.2) is 66.7 Å². The molecule has 0 saturated carbocycles. The van der Waals surface area contributed by atoms with Crippen molar-refractivity contribution >= 4 is 6.08 Å². The average molecular weight is 381 g/mol. The number of hydrogen-bond acceptors (Lipinski definition) is 4. The molecule has 5 N–H and O–H groups in total. The van der Waals surface area contributed by atoms with Crippen LogP contribution in [0.3, 0.4) is 0 Å². The van der Waals surface area contributed by atoms with Crippen molar-refractivity contribution in [2.75, 3.05) is 39.3 Å². The second-order valence-electron chi connectivity index (χ2n) is 7.09. The number of benzene rings is 2. The van der Waals surface area contributed by atoms with Crippen molar-refractivity contribution in [1.29, 1.82) is 0 Å². The fraction of sp³-hybridized carbons (Fsp3) is 0.417. The molecule has 0 fully saturated rings. The van der Waals surface area contributed by atoms with E-state index in [-0.39, 0.29) is 6.04 Å². The van der Waals surface area contributed by atoms with Crippen LogP contribution >= 0.6 is 0 Å². The van der Waals surface area contributed by atoms with Crippen LogP contribution in [0.25, 0.3) is 6.08 Å². The molecule has 1 atom stereocenters. The summed E-state index contributed by atoms with van der Waals surface area (Å²) in [4.78, 5) is 2.48. The van der Waals surface area contributed by atoms with Gasteiger partial charge in [0.05, 0.1) is 6.04 Å². The van der Waals surface area contributed by atoms with E-state index in [0.29, 0.717) is 0 Å². The minimum Gasteiger partial charge on any atom is -0.330 e. The second kappa shape index (κ2) is 14.1. The number of nitrogens with two attached hydrogens (primary N) is 2. The monoisotopic (exact) mass is 380 g/mol. The van der Waals surface area contributed by atoms with E-state index in [2.05, 4.69) is 77.0 Å². The summed E-state index contributed by atoms with van der Waals surface area (Å²) < 4.78 is 0. The van der Waals surface area contributed by atoms with Crippen molar-refractivity contribution in [3.05, 3.63) is 77.9 Å². The lowest BCUT2D eigenvalue weighted by Gasteiger charge is -2.22. The predicted molar refractivity (Wildman–Crippen MR) is 121 cm³/mol. The van der Waals surface area contributed by atoms with Crippen LogP contribution in [0.5, 0.6) is 0 Å². The Bertz CT molecular complexity index is 634. The number of rotatable bonds is 14. The molecule has 28 heavy (non-hydrogen) atoms. The third-order valence-corrected chi connectivity index (χ3v) is 4.81. The molecule has 2 aromatic carbocycles. The predicted octanol–water partition coefficient (Wildman–Crippen LogP) is 3.42. The van der Waals surface area contributed by atoms with Gasteiger partial charge in [-0.15, -0.1) is 0 Å². The topological polar surface area (TPSA) is 67.3 Å². The fourth-order valence-corrected chi connectivity index (χ4v) is 3.25. The van der Waals surface area contributed by atoms with Gasteiger partial charge in [-0.2, -0.15) is 0 Å². The highest BCUT2D eigenvalue weighted by molar-refractivity contribution is 5.50. The van der Waals surface area contributed by atoms with Gasteiger partial charge in [0, 0.05) is 0 Å². The van der Waals surface area contributed by atoms with Crippen molar-refractivity contribution in [3.8, 4) is 0 Å². The molecule has 152 valence electrons. The van der Waals surface area contributed by atoms with Gasteiger partial charge in [-0.25, -0.2) is 0 Å². The van der Waals surface area contributed by atoms with E-state index in [9.17, 15) is 0 Å². The van der Waals surface area contributed by atoms with Crippen LogP contribution in [0.2, 0.25) is 0 Å². The van der Waals surface area contributed by atoms with Crippen LogP contribution in [-0.2, 0) is 0 Å². The Kier molecular flexibility index (Phi) is 11.2. The number of nitrogens with zero attached hydrogens (tertiary/aromatic N) is 1. The Hall–Kier alpha value is -1.98. The van der Waals surface area contributed by atoms with E-state index in [1.165, 1.54) is 11.1 Å². The lowest BCUT2D eigenvalue weighted by Crippen LogP contribution is -2.32. The summed E-state index contributed by atoms with van der Waals surface area (Å²) in [6.45, 7) is 5.67. The third-order valence-electron chi connectivity index (χ3n) is 4.81. The van der Waals surface area contributed by atoms with Gasteiger partial charge >= 0.3 is 0 Å². The van der Waals surface area contributed by atoms with Gasteiger partial charge in [-0.1, -0.05) is 72.8 Å². The Morgan fingerprint density at radius 2 is 1.36 bits per heavy atom. The quantitative estimate of drug-likeness (QED) is 0.439. The van der Waals surface area contributed by atoms with Gasteiger partial charge in [-0.3, -0.25) is 0 Å². The van der Waals surface area contributed by atoms with Crippen LogP contribution in [0.1, 0.15) is 36.4 Å². The van der Waals surface area contributed by atoms with Crippen molar-refractivity contribution in [3.63, 3.8) is 0 Å². The average Bonchev–Trinajstić information content (AvgIpc) is 2.75. The molecular formula is C24H36N4. The van der Waals surface area contributed by atoms with E-state index in [1.807, 2.05) is 6.07 Å². The van der Waals surface area contributed by atoms with Gasteiger partial charge in [0.2, 0.25) is 0 Å². The smallest absolute Gasteiger partial charge is 0.0509 e. The SMILES string of the molecule is NCCCN(CCCN)CCCNC(/C=C/c1ccccc1)c1ccccc1. The summed E-state index contributed by atoms with van der Waals surface area (Å²) in [6.07, 6.45) is 7.65. The van der Waals surface area contributed by atoms with Gasteiger partial charge in [-0.05, 0) is 69.7 Å². The molecule has 1 unspecified atom stereocenters. The highest BCUT2D eigenvalue weighted by Gasteiger charge is 2.08. The Labute approximate surface area is 170 Å². The van der Waals surface area contributed by atoms with Crippen LogP contribution in [0.4, 0.5) is 0 Å². The first-order valence-corrected chi connectivity index (χ1v) is 10.5. The van der Waals surface area contributed by atoms with Gasteiger partial charge in [0.1, 0.15) is 0 Å². The minimum absolute atomic E-state index is 0.211. The summed E-state index contributed by atoms with van der Waals surface area (Å²) in [6, 6.07) is 21.3. The summed E-state index contributed by atoms with van der Waals surface area (Å²) in [5, 5.41) is 3.71. The van der Waals surface area contributed by atoms with E-state index < -0.39 is 0 Å². The summed E-state index contributed by atoms with van der Waals surface area (Å²) in [7, 11) is 0. The lowest BCUT2D eigenvalue weighted by atomic mass is 10.0. The van der Waals surface area contributed by atoms with Crippen LogP contribution in [0, 0.1) is 0 Å². The van der Waals surface area contributed by atoms with Crippen molar-refractivity contribution in [2.45, 2.75) is 25.3 Å². The third kappa shape index (κ3) is 8.81. The molecule has 2 rings (SSSR count). The van der Waals surface area contributed by atoms with E-state index >= 15 is 0 Å². The maximum absolute atomic E-state index is 5.67. The summed E-state index contributed by atoms with van der Waals surface area (Å²) in [5.74, 6) is 0. The Morgan fingerprint density at radius 1 is 0.786 bits per heavy atom. The van der Waals surface area contributed by atoms with Crippen molar-refractivity contribution in [1.82, 2.24) is 10.2 Å². The first kappa shape index (κ1) is 22.3. The normalized spacial score (nSPS) is 12.7. The molecular weight excluding hydrogens is 344 g/mol. The molecule has 2 aromatic rings. The highest BCUT2D eigenvalue weighted by Crippen LogP contribution is 2.16. The van der Waals surface area contributed by atoms with Gasteiger partial charge in [0.15, 0.2) is 0 Å². The highest BCUT2D eigenvalue weighted by atomic mass is 15.1. The molecule has 0 aliphatic rings. The van der Waals surface area contributed by atoms with E-state index in [0.717, 1.165) is 58.5 Å². The molecule has 0 aromatic heterocycles. The molecule has 0 aliphatic heterocycles. The zero-order valence-electron chi connectivity index (χ0n) is 17.0. The molecule has 0 aliphatic carbocycles. The second-order valence-corrected chi connectivity index (χ2v) is 7.09. The molecule has 0 spiro atoms.